The quantitative estimate of drug-likeness (QED) is 0.694. The smallest absolute Gasteiger partial charge is 0.0724 e. The number of nitrogens with zero attached hydrogens (tertiary/aromatic N) is 1. The Labute approximate surface area is 134 Å². The van der Waals surface area contributed by atoms with E-state index in [9.17, 15) is 0 Å². The van der Waals surface area contributed by atoms with Crippen molar-refractivity contribution in [3.05, 3.63) is 70.8 Å². The van der Waals surface area contributed by atoms with E-state index in [-0.39, 0.29) is 11.5 Å². The van der Waals surface area contributed by atoms with Crippen LogP contribution in [-0.4, -0.2) is 5.71 Å². The van der Waals surface area contributed by atoms with Crippen LogP contribution in [-0.2, 0) is 11.8 Å². The predicted octanol–water partition coefficient (Wildman–Crippen LogP) is 5.48. The van der Waals surface area contributed by atoms with Crippen LogP contribution in [0.1, 0.15) is 62.4 Å². The SMILES string of the molecule is CC(N=C1CCc2cc(C(C)(C)C)ccc21)c1ccccc1. The molecule has 3 rings (SSSR count). The van der Waals surface area contributed by atoms with Crippen LogP contribution in [0.4, 0.5) is 0 Å². The van der Waals surface area contributed by atoms with Gasteiger partial charge in [0.25, 0.3) is 0 Å². The van der Waals surface area contributed by atoms with Crippen molar-refractivity contribution in [2.45, 2.75) is 52.0 Å². The van der Waals surface area contributed by atoms with Crippen LogP contribution in [0, 0.1) is 0 Å². The molecule has 0 saturated heterocycles. The number of aliphatic imine (C=N–C) groups is 1. The summed E-state index contributed by atoms with van der Waals surface area (Å²) in [6.07, 6.45) is 2.19. The Hall–Kier alpha value is -1.89. The van der Waals surface area contributed by atoms with Gasteiger partial charge in [-0.25, -0.2) is 0 Å². The summed E-state index contributed by atoms with van der Waals surface area (Å²) >= 11 is 0. The standard InChI is InChI=1S/C21H25N/c1-15(16-8-6-5-7-9-16)22-20-13-10-17-14-18(21(2,3)4)11-12-19(17)20/h5-9,11-12,14-15H,10,13H2,1-4H3. The Morgan fingerprint density at radius 2 is 1.68 bits per heavy atom. The van der Waals surface area contributed by atoms with Crippen LogP contribution in [0.3, 0.4) is 0 Å². The van der Waals surface area contributed by atoms with Crippen LogP contribution < -0.4 is 0 Å². The number of rotatable bonds is 2. The lowest BCUT2D eigenvalue weighted by Crippen LogP contribution is -2.11. The molecule has 0 radical (unpaired) electrons. The molecule has 0 bridgehead atoms. The molecule has 0 fully saturated rings. The van der Waals surface area contributed by atoms with Crippen molar-refractivity contribution in [2.24, 2.45) is 4.99 Å². The summed E-state index contributed by atoms with van der Waals surface area (Å²) < 4.78 is 0. The van der Waals surface area contributed by atoms with Crippen molar-refractivity contribution >= 4 is 5.71 Å². The highest BCUT2D eigenvalue weighted by molar-refractivity contribution is 6.04. The van der Waals surface area contributed by atoms with E-state index >= 15 is 0 Å². The Balaban J connectivity index is 1.90. The fourth-order valence-corrected chi connectivity index (χ4v) is 3.11. The summed E-state index contributed by atoms with van der Waals surface area (Å²) in [6, 6.07) is 17.7. The highest BCUT2D eigenvalue weighted by atomic mass is 14.8. The number of hydrogen-bond acceptors (Lipinski definition) is 1. The Bertz CT molecular complexity index is 690. The molecular weight excluding hydrogens is 266 g/mol. The fourth-order valence-electron chi connectivity index (χ4n) is 3.11. The Morgan fingerprint density at radius 1 is 0.955 bits per heavy atom. The molecule has 2 aromatic carbocycles. The number of hydrogen-bond donors (Lipinski definition) is 0. The maximum Gasteiger partial charge on any atom is 0.0724 e. The molecule has 0 saturated carbocycles. The topological polar surface area (TPSA) is 12.4 Å². The third-order valence-electron chi connectivity index (χ3n) is 4.54. The van der Waals surface area contributed by atoms with Gasteiger partial charge in [0.2, 0.25) is 0 Å². The average Bonchev–Trinajstić information content (AvgIpc) is 2.89. The summed E-state index contributed by atoms with van der Waals surface area (Å²) in [5.74, 6) is 0. The fraction of sp³-hybridized carbons (Fsp3) is 0.381. The van der Waals surface area contributed by atoms with Gasteiger partial charge in [-0.05, 0) is 47.4 Å². The zero-order chi connectivity index (χ0) is 15.7. The maximum absolute atomic E-state index is 5.00. The molecule has 22 heavy (non-hydrogen) atoms. The molecule has 1 unspecified atom stereocenters. The van der Waals surface area contributed by atoms with Gasteiger partial charge in [0.15, 0.2) is 0 Å². The zero-order valence-electron chi connectivity index (χ0n) is 14.1. The van der Waals surface area contributed by atoms with E-state index in [2.05, 4.69) is 76.2 Å². The first-order chi connectivity index (χ1) is 10.4. The summed E-state index contributed by atoms with van der Waals surface area (Å²) in [4.78, 5) is 5.00. The molecule has 114 valence electrons. The molecule has 0 aromatic heterocycles. The van der Waals surface area contributed by atoms with Gasteiger partial charge in [0.05, 0.1) is 6.04 Å². The van der Waals surface area contributed by atoms with Gasteiger partial charge in [0, 0.05) is 5.71 Å². The third-order valence-corrected chi connectivity index (χ3v) is 4.54. The molecule has 1 aliphatic carbocycles. The first kappa shape index (κ1) is 15.0. The largest absolute Gasteiger partial charge is 0.281 e. The van der Waals surface area contributed by atoms with Gasteiger partial charge < -0.3 is 0 Å². The number of fused-ring (bicyclic) bond motifs is 1. The predicted molar refractivity (Wildman–Crippen MR) is 94.9 cm³/mol. The molecular formula is C21H25N. The number of benzene rings is 2. The van der Waals surface area contributed by atoms with Crippen molar-refractivity contribution in [1.82, 2.24) is 0 Å². The maximum atomic E-state index is 5.00. The lowest BCUT2D eigenvalue weighted by molar-refractivity contribution is 0.589. The molecule has 1 atom stereocenters. The highest BCUT2D eigenvalue weighted by Gasteiger charge is 2.22. The van der Waals surface area contributed by atoms with Gasteiger partial charge in [-0.1, -0.05) is 69.3 Å². The second-order valence-electron chi connectivity index (χ2n) is 7.28. The monoisotopic (exact) mass is 291 g/mol. The van der Waals surface area contributed by atoms with Crippen LogP contribution >= 0.6 is 0 Å². The van der Waals surface area contributed by atoms with E-state index in [4.69, 9.17) is 4.99 Å². The Morgan fingerprint density at radius 3 is 2.36 bits per heavy atom. The molecule has 0 amide bonds. The lowest BCUT2D eigenvalue weighted by Gasteiger charge is -2.20. The van der Waals surface area contributed by atoms with Crippen molar-refractivity contribution in [2.75, 3.05) is 0 Å². The summed E-state index contributed by atoms with van der Waals surface area (Å²) in [5.41, 5.74) is 7.01. The summed E-state index contributed by atoms with van der Waals surface area (Å²) in [7, 11) is 0. The average molecular weight is 291 g/mol. The van der Waals surface area contributed by atoms with E-state index in [0.29, 0.717) is 0 Å². The first-order valence-corrected chi connectivity index (χ1v) is 8.20. The van der Waals surface area contributed by atoms with Crippen LogP contribution in [0.15, 0.2) is 53.5 Å². The minimum absolute atomic E-state index is 0.215. The molecule has 0 N–H and O–H groups in total. The van der Waals surface area contributed by atoms with E-state index < -0.39 is 0 Å². The second-order valence-corrected chi connectivity index (χ2v) is 7.28. The van der Waals surface area contributed by atoms with E-state index in [1.54, 1.807) is 0 Å². The molecule has 2 aromatic rings. The van der Waals surface area contributed by atoms with Gasteiger partial charge in [-0.15, -0.1) is 0 Å². The van der Waals surface area contributed by atoms with E-state index in [1.165, 1.54) is 28.0 Å². The van der Waals surface area contributed by atoms with Crippen molar-refractivity contribution < 1.29 is 0 Å². The van der Waals surface area contributed by atoms with Gasteiger partial charge in [0.1, 0.15) is 0 Å². The Kier molecular flexibility index (Phi) is 3.90. The molecule has 1 heteroatoms. The minimum atomic E-state index is 0.215. The van der Waals surface area contributed by atoms with Crippen LogP contribution in [0.2, 0.25) is 0 Å². The van der Waals surface area contributed by atoms with E-state index in [1.807, 2.05) is 0 Å². The normalized spacial score (nSPS) is 17.5. The van der Waals surface area contributed by atoms with Crippen molar-refractivity contribution in [1.29, 1.82) is 0 Å². The number of aryl methyl sites for hydroxylation is 1. The molecule has 0 aliphatic heterocycles. The molecule has 0 heterocycles. The van der Waals surface area contributed by atoms with E-state index in [0.717, 1.165) is 12.8 Å². The van der Waals surface area contributed by atoms with Crippen molar-refractivity contribution in [3.8, 4) is 0 Å². The van der Waals surface area contributed by atoms with Gasteiger partial charge in [-0.3, -0.25) is 4.99 Å². The van der Waals surface area contributed by atoms with Gasteiger partial charge in [-0.2, -0.15) is 0 Å². The second kappa shape index (κ2) is 5.72. The van der Waals surface area contributed by atoms with Crippen LogP contribution in [0.5, 0.6) is 0 Å². The zero-order valence-corrected chi connectivity index (χ0v) is 14.1. The summed E-state index contributed by atoms with van der Waals surface area (Å²) in [6.45, 7) is 9.01. The van der Waals surface area contributed by atoms with Crippen LogP contribution in [0.25, 0.3) is 0 Å². The minimum Gasteiger partial charge on any atom is -0.281 e. The lowest BCUT2D eigenvalue weighted by atomic mass is 9.85. The highest BCUT2D eigenvalue weighted by Crippen LogP contribution is 2.30. The summed E-state index contributed by atoms with van der Waals surface area (Å²) in [5, 5.41) is 0. The molecule has 1 nitrogen and oxygen atoms in total. The van der Waals surface area contributed by atoms with Crippen molar-refractivity contribution in [3.63, 3.8) is 0 Å². The molecule has 0 spiro atoms. The van der Waals surface area contributed by atoms with Gasteiger partial charge >= 0.3 is 0 Å². The third kappa shape index (κ3) is 2.99. The first-order valence-electron chi connectivity index (χ1n) is 8.20. The molecule has 1 aliphatic rings.